The lowest BCUT2D eigenvalue weighted by molar-refractivity contribution is 0.0936. The van der Waals surface area contributed by atoms with E-state index in [1.165, 1.54) is 0 Å². The Balaban J connectivity index is 2.75. The summed E-state index contributed by atoms with van der Waals surface area (Å²) in [5.41, 5.74) is -0.105. The van der Waals surface area contributed by atoms with Crippen molar-refractivity contribution in [1.29, 1.82) is 0 Å². The third kappa shape index (κ3) is 3.92. The zero-order valence-corrected chi connectivity index (χ0v) is 10.6. The molecule has 1 unspecified atom stereocenters. The summed E-state index contributed by atoms with van der Waals surface area (Å²) < 4.78 is 25.8. The highest BCUT2D eigenvalue weighted by Gasteiger charge is 2.16. The minimum Gasteiger partial charge on any atom is -0.396 e. The van der Waals surface area contributed by atoms with Gasteiger partial charge in [-0.3, -0.25) is 4.79 Å². The maximum absolute atomic E-state index is 13.0. The normalized spacial score (nSPS) is 12.3. The number of carbonyl (C=O) groups is 1. The standard InChI is InChI=1S/C12H14ClF2NO2/c1-7(3-2-4-17)16-12(18)8-5-10(14)11(15)6-9(8)13/h5-7,17H,2-4H2,1H3,(H,16,18). The first-order chi connectivity index (χ1) is 8.45. The Morgan fingerprint density at radius 1 is 1.44 bits per heavy atom. The van der Waals surface area contributed by atoms with Crippen LogP contribution in [-0.4, -0.2) is 23.7 Å². The zero-order chi connectivity index (χ0) is 13.7. The average molecular weight is 278 g/mol. The predicted octanol–water partition coefficient (Wildman–Crippen LogP) is 2.51. The molecule has 0 heterocycles. The number of halogens is 3. The van der Waals surface area contributed by atoms with E-state index in [9.17, 15) is 13.6 Å². The fraction of sp³-hybridized carbons (Fsp3) is 0.417. The number of hydrogen-bond acceptors (Lipinski definition) is 2. The van der Waals surface area contributed by atoms with E-state index in [0.29, 0.717) is 12.8 Å². The van der Waals surface area contributed by atoms with Crippen molar-refractivity contribution in [2.45, 2.75) is 25.8 Å². The van der Waals surface area contributed by atoms with Crippen molar-refractivity contribution >= 4 is 17.5 Å². The van der Waals surface area contributed by atoms with Gasteiger partial charge in [0.1, 0.15) is 0 Å². The first-order valence-corrected chi connectivity index (χ1v) is 5.89. The van der Waals surface area contributed by atoms with Crippen molar-refractivity contribution in [3.05, 3.63) is 34.4 Å². The van der Waals surface area contributed by atoms with Gasteiger partial charge in [0, 0.05) is 12.6 Å². The van der Waals surface area contributed by atoms with Gasteiger partial charge in [-0.15, -0.1) is 0 Å². The van der Waals surface area contributed by atoms with Crippen LogP contribution in [0, 0.1) is 11.6 Å². The molecule has 100 valence electrons. The lowest BCUT2D eigenvalue weighted by Gasteiger charge is -2.14. The SMILES string of the molecule is CC(CCCO)NC(=O)c1cc(F)c(F)cc1Cl. The van der Waals surface area contributed by atoms with Crippen LogP contribution in [0.4, 0.5) is 8.78 Å². The molecule has 0 aliphatic rings. The molecule has 0 saturated heterocycles. The molecule has 0 fully saturated rings. The first kappa shape index (κ1) is 14.9. The highest BCUT2D eigenvalue weighted by molar-refractivity contribution is 6.33. The number of aliphatic hydroxyl groups is 1. The Labute approximate surface area is 109 Å². The number of rotatable bonds is 5. The van der Waals surface area contributed by atoms with Gasteiger partial charge in [0.2, 0.25) is 0 Å². The van der Waals surface area contributed by atoms with Crippen LogP contribution in [0.3, 0.4) is 0 Å². The molecule has 1 aromatic carbocycles. The molecule has 1 amide bonds. The van der Waals surface area contributed by atoms with Gasteiger partial charge in [-0.2, -0.15) is 0 Å². The van der Waals surface area contributed by atoms with Crippen LogP contribution >= 0.6 is 11.6 Å². The van der Waals surface area contributed by atoms with Crippen molar-refractivity contribution in [2.24, 2.45) is 0 Å². The molecule has 0 aromatic heterocycles. The minimum atomic E-state index is -1.12. The van der Waals surface area contributed by atoms with Crippen LogP contribution in [0.15, 0.2) is 12.1 Å². The predicted molar refractivity (Wildman–Crippen MR) is 64.6 cm³/mol. The summed E-state index contributed by atoms with van der Waals surface area (Å²) in [7, 11) is 0. The molecule has 6 heteroatoms. The summed E-state index contributed by atoms with van der Waals surface area (Å²) in [4.78, 5) is 11.8. The van der Waals surface area contributed by atoms with Gasteiger partial charge in [-0.05, 0) is 31.9 Å². The number of aliphatic hydroxyl groups excluding tert-OH is 1. The van der Waals surface area contributed by atoms with Crippen molar-refractivity contribution in [3.8, 4) is 0 Å². The minimum absolute atomic E-state index is 0.0339. The molecule has 18 heavy (non-hydrogen) atoms. The van der Waals surface area contributed by atoms with Crippen LogP contribution in [0.25, 0.3) is 0 Å². The van der Waals surface area contributed by atoms with Gasteiger partial charge in [-0.1, -0.05) is 11.6 Å². The third-order valence-corrected chi connectivity index (χ3v) is 2.74. The summed E-state index contributed by atoms with van der Waals surface area (Å²) >= 11 is 5.68. The molecule has 1 aromatic rings. The molecule has 0 bridgehead atoms. The number of carbonyl (C=O) groups excluding carboxylic acids is 1. The second-order valence-corrected chi connectivity index (χ2v) is 4.39. The first-order valence-electron chi connectivity index (χ1n) is 5.52. The molecule has 3 nitrogen and oxygen atoms in total. The Morgan fingerprint density at radius 3 is 2.67 bits per heavy atom. The van der Waals surface area contributed by atoms with Crippen LogP contribution < -0.4 is 5.32 Å². The second-order valence-electron chi connectivity index (χ2n) is 3.99. The third-order valence-electron chi connectivity index (χ3n) is 2.43. The Kier molecular flexibility index (Phi) is 5.50. The van der Waals surface area contributed by atoms with E-state index in [1.807, 2.05) is 0 Å². The summed E-state index contributed by atoms with van der Waals surface area (Å²) in [5, 5.41) is 11.1. The fourth-order valence-corrected chi connectivity index (χ4v) is 1.70. The molecule has 0 saturated carbocycles. The van der Waals surface area contributed by atoms with Gasteiger partial charge < -0.3 is 10.4 Å². The molecular formula is C12H14ClF2NO2. The van der Waals surface area contributed by atoms with Crippen molar-refractivity contribution in [3.63, 3.8) is 0 Å². The van der Waals surface area contributed by atoms with Crippen LogP contribution in [0.5, 0.6) is 0 Å². The lowest BCUT2D eigenvalue weighted by atomic mass is 10.1. The molecule has 1 atom stereocenters. The maximum Gasteiger partial charge on any atom is 0.253 e. The molecule has 0 aliphatic carbocycles. The highest BCUT2D eigenvalue weighted by atomic mass is 35.5. The smallest absolute Gasteiger partial charge is 0.253 e. The van der Waals surface area contributed by atoms with Crippen molar-refractivity contribution < 1.29 is 18.7 Å². The number of amides is 1. The quantitative estimate of drug-likeness (QED) is 0.813. The van der Waals surface area contributed by atoms with Crippen LogP contribution in [-0.2, 0) is 0 Å². The number of hydrogen-bond donors (Lipinski definition) is 2. The Morgan fingerprint density at radius 2 is 2.06 bits per heavy atom. The maximum atomic E-state index is 13.0. The fourth-order valence-electron chi connectivity index (χ4n) is 1.47. The van der Waals surface area contributed by atoms with Gasteiger partial charge in [0.15, 0.2) is 11.6 Å². The van der Waals surface area contributed by atoms with Crippen molar-refractivity contribution in [1.82, 2.24) is 5.32 Å². The summed E-state index contributed by atoms with van der Waals surface area (Å²) in [5.74, 6) is -2.78. The average Bonchev–Trinajstić information content (AvgIpc) is 2.31. The topological polar surface area (TPSA) is 49.3 Å². The molecule has 2 N–H and O–H groups in total. The van der Waals surface area contributed by atoms with Crippen molar-refractivity contribution in [2.75, 3.05) is 6.61 Å². The van der Waals surface area contributed by atoms with E-state index >= 15 is 0 Å². The number of nitrogens with one attached hydrogen (secondary N) is 1. The molecular weight excluding hydrogens is 264 g/mol. The Bertz CT molecular complexity index is 440. The van der Waals surface area contributed by atoms with Gasteiger partial charge in [0.25, 0.3) is 5.91 Å². The van der Waals surface area contributed by atoms with Gasteiger partial charge in [0.05, 0.1) is 10.6 Å². The van der Waals surface area contributed by atoms with Crippen LogP contribution in [0.2, 0.25) is 5.02 Å². The largest absolute Gasteiger partial charge is 0.396 e. The molecule has 0 aliphatic heterocycles. The van der Waals surface area contributed by atoms with E-state index in [-0.39, 0.29) is 23.2 Å². The van der Waals surface area contributed by atoms with E-state index in [2.05, 4.69) is 5.32 Å². The molecule has 0 spiro atoms. The molecule has 1 rings (SSSR count). The van der Waals surface area contributed by atoms with Gasteiger partial charge in [-0.25, -0.2) is 8.78 Å². The van der Waals surface area contributed by atoms with E-state index in [0.717, 1.165) is 12.1 Å². The zero-order valence-electron chi connectivity index (χ0n) is 9.84. The van der Waals surface area contributed by atoms with E-state index < -0.39 is 17.5 Å². The summed E-state index contributed by atoms with van der Waals surface area (Å²) in [6.45, 7) is 1.79. The Hall–Kier alpha value is -1.20. The monoisotopic (exact) mass is 277 g/mol. The van der Waals surface area contributed by atoms with Gasteiger partial charge >= 0.3 is 0 Å². The van der Waals surface area contributed by atoms with E-state index in [4.69, 9.17) is 16.7 Å². The lowest BCUT2D eigenvalue weighted by Crippen LogP contribution is -2.33. The number of benzene rings is 1. The highest BCUT2D eigenvalue weighted by Crippen LogP contribution is 2.20. The summed E-state index contributed by atoms with van der Waals surface area (Å²) in [6.07, 6.45) is 1.14. The second kappa shape index (κ2) is 6.66. The van der Waals surface area contributed by atoms with E-state index in [1.54, 1.807) is 6.92 Å². The summed E-state index contributed by atoms with van der Waals surface area (Å²) in [6, 6.07) is 1.35. The van der Waals surface area contributed by atoms with Crippen LogP contribution in [0.1, 0.15) is 30.1 Å². The molecule has 0 radical (unpaired) electrons.